The van der Waals surface area contributed by atoms with Gasteiger partial charge in [0, 0.05) is 32.6 Å². The van der Waals surface area contributed by atoms with Crippen LogP contribution in [0.15, 0.2) is 54.6 Å². The number of carbonyl (C=O) groups is 1. The Morgan fingerprint density at radius 3 is 2.27 bits per heavy atom. The molecule has 0 spiro atoms. The number of piperazine rings is 1. The molecule has 5 nitrogen and oxygen atoms in total. The number of nitrogens with two attached hydrogens (primary N) is 1. The summed E-state index contributed by atoms with van der Waals surface area (Å²) in [5.41, 5.74) is 3.90. The molecule has 2 aromatic rings. The lowest BCUT2D eigenvalue weighted by Crippen LogP contribution is -2.63. The van der Waals surface area contributed by atoms with Gasteiger partial charge in [0.2, 0.25) is 5.91 Å². The molecule has 8 heteroatoms. The third kappa shape index (κ3) is 4.48. The minimum absolute atomic E-state index is 0.0302. The maximum absolute atomic E-state index is 14.8. The third-order valence-electron chi connectivity index (χ3n) is 5.53. The van der Waals surface area contributed by atoms with Crippen molar-refractivity contribution in [3.05, 3.63) is 71.3 Å². The van der Waals surface area contributed by atoms with E-state index in [2.05, 4.69) is 0 Å². The molecule has 0 bridgehead atoms. The van der Waals surface area contributed by atoms with E-state index >= 15 is 0 Å². The van der Waals surface area contributed by atoms with Crippen molar-refractivity contribution in [1.82, 2.24) is 9.80 Å². The summed E-state index contributed by atoms with van der Waals surface area (Å²) < 4.78 is 44.5. The Morgan fingerprint density at radius 1 is 1.03 bits per heavy atom. The van der Waals surface area contributed by atoms with Gasteiger partial charge in [-0.1, -0.05) is 42.5 Å². The van der Waals surface area contributed by atoms with Crippen LogP contribution in [0.5, 0.6) is 0 Å². The molecule has 0 aliphatic carbocycles. The lowest BCUT2D eigenvalue weighted by atomic mass is 9.80. The molecule has 158 valence electrons. The van der Waals surface area contributed by atoms with E-state index in [1.165, 1.54) is 23.1 Å². The molecule has 1 amide bonds. The van der Waals surface area contributed by atoms with E-state index in [1.54, 1.807) is 41.3 Å². The second kappa shape index (κ2) is 8.86. The molecular weight excluding hydrogens is 393 g/mol. The largest absolute Gasteiger partial charge is 0.411 e. The standard InChI is InChI=1S/C22H23F3N4O/c23-22(24,25)21(19-7-2-1-3-8-19,14-17-5-4-6-18(13-17)15-26)29-11-9-28(10-12-29)16-20(27)30/h1-8,13H,9-12,14,16H2,(H2,27,30). The maximum Gasteiger partial charge on any atom is 0.411 e. The molecule has 2 aromatic carbocycles. The zero-order valence-electron chi connectivity index (χ0n) is 16.4. The number of rotatable bonds is 6. The van der Waals surface area contributed by atoms with Crippen LogP contribution in [0.25, 0.3) is 0 Å². The molecule has 0 radical (unpaired) electrons. The van der Waals surface area contributed by atoms with Gasteiger partial charge in [-0.3, -0.25) is 14.6 Å². The van der Waals surface area contributed by atoms with Crippen molar-refractivity contribution < 1.29 is 18.0 Å². The second-order valence-corrected chi connectivity index (χ2v) is 7.44. The number of amides is 1. The normalized spacial score (nSPS) is 17.8. The van der Waals surface area contributed by atoms with Crippen LogP contribution in [0.2, 0.25) is 0 Å². The van der Waals surface area contributed by atoms with Gasteiger partial charge in [-0.2, -0.15) is 18.4 Å². The first kappa shape index (κ1) is 21.8. The van der Waals surface area contributed by atoms with Gasteiger partial charge in [0.05, 0.1) is 18.2 Å². The first-order chi connectivity index (χ1) is 14.3. The van der Waals surface area contributed by atoms with Gasteiger partial charge in [-0.25, -0.2) is 0 Å². The van der Waals surface area contributed by atoms with Gasteiger partial charge >= 0.3 is 6.18 Å². The highest BCUT2D eigenvalue weighted by molar-refractivity contribution is 5.75. The maximum atomic E-state index is 14.8. The minimum Gasteiger partial charge on any atom is -0.369 e. The zero-order valence-corrected chi connectivity index (χ0v) is 16.4. The highest BCUT2D eigenvalue weighted by atomic mass is 19.4. The van der Waals surface area contributed by atoms with Crippen molar-refractivity contribution >= 4 is 5.91 Å². The molecular formula is C22H23F3N4O. The number of hydrogen-bond acceptors (Lipinski definition) is 4. The minimum atomic E-state index is -4.57. The van der Waals surface area contributed by atoms with Crippen LogP contribution in [-0.2, 0) is 16.8 Å². The van der Waals surface area contributed by atoms with Gasteiger partial charge in [0.1, 0.15) is 5.54 Å². The number of primary amides is 1. The molecule has 2 N–H and O–H groups in total. The number of alkyl halides is 3. The summed E-state index contributed by atoms with van der Waals surface area (Å²) in [6, 6.07) is 16.2. The zero-order chi connectivity index (χ0) is 21.8. The monoisotopic (exact) mass is 416 g/mol. The molecule has 0 aromatic heterocycles. The summed E-state index contributed by atoms with van der Waals surface area (Å²) in [6.45, 7) is 0.930. The van der Waals surface area contributed by atoms with Crippen LogP contribution in [0, 0.1) is 11.3 Å². The van der Waals surface area contributed by atoms with E-state index in [0.717, 1.165) is 0 Å². The molecule has 1 aliphatic rings. The first-order valence-electron chi connectivity index (χ1n) is 9.63. The van der Waals surface area contributed by atoms with E-state index in [9.17, 15) is 18.0 Å². The molecule has 1 heterocycles. The van der Waals surface area contributed by atoms with E-state index in [1.807, 2.05) is 6.07 Å². The number of nitrogens with zero attached hydrogens (tertiary/aromatic N) is 3. The molecule has 1 saturated heterocycles. The van der Waals surface area contributed by atoms with Gasteiger partial charge in [-0.05, 0) is 23.3 Å². The fraction of sp³-hybridized carbons (Fsp3) is 0.364. The number of halogens is 3. The third-order valence-corrected chi connectivity index (χ3v) is 5.53. The van der Waals surface area contributed by atoms with Crippen molar-refractivity contribution in [2.24, 2.45) is 5.73 Å². The summed E-state index contributed by atoms with van der Waals surface area (Å²) in [7, 11) is 0. The van der Waals surface area contributed by atoms with Crippen molar-refractivity contribution in [1.29, 1.82) is 5.26 Å². The Balaban J connectivity index is 2.03. The molecule has 0 saturated carbocycles. The van der Waals surface area contributed by atoms with E-state index in [4.69, 9.17) is 11.0 Å². The molecule has 1 unspecified atom stereocenters. The van der Waals surface area contributed by atoms with Crippen LogP contribution >= 0.6 is 0 Å². The predicted octanol–water partition coefficient (Wildman–Crippen LogP) is 2.66. The molecule has 1 fully saturated rings. The van der Waals surface area contributed by atoms with Gasteiger partial charge < -0.3 is 5.73 Å². The molecule has 1 atom stereocenters. The average molecular weight is 416 g/mol. The van der Waals surface area contributed by atoms with Crippen LogP contribution in [0.3, 0.4) is 0 Å². The van der Waals surface area contributed by atoms with Crippen molar-refractivity contribution in [2.75, 3.05) is 32.7 Å². The van der Waals surface area contributed by atoms with Crippen LogP contribution in [-0.4, -0.2) is 54.6 Å². The number of nitriles is 1. The first-order valence-corrected chi connectivity index (χ1v) is 9.63. The van der Waals surface area contributed by atoms with Gasteiger partial charge in [-0.15, -0.1) is 0 Å². The smallest absolute Gasteiger partial charge is 0.369 e. The Bertz CT molecular complexity index is 918. The fourth-order valence-electron chi connectivity index (χ4n) is 4.11. The Morgan fingerprint density at radius 2 is 1.70 bits per heavy atom. The predicted molar refractivity (Wildman–Crippen MR) is 106 cm³/mol. The lowest BCUT2D eigenvalue weighted by Gasteiger charge is -2.49. The number of hydrogen-bond donors (Lipinski definition) is 1. The Labute approximate surface area is 173 Å². The summed E-state index contributed by atoms with van der Waals surface area (Å²) in [6.07, 6.45) is -4.88. The average Bonchev–Trinajstić information content (AvgIpc) is 2.72. The summed E-state index contributed by atoms with van der Waals surface area (Å²) >= 11 is 0. The van der Waals surface area contributed by atoms with E-state index in [-0.39, 0.29) is 31.6 Å². The van der Waals surface area contributed by atoms with Gasteiger partial charge in [0.25, 0.3) is 0 Å². The Hall–Kier alpha value is -2.89. The molecule has 1 aliphatic heterocycles. The summed E-state index contributed by atoms with van der Waals surface area (Å²) in [4.78, 5) is 14.4. The van der Waals surface area contributed by atoms with Crippen LogP contribution < -0.4 is 5.73 Å². The lowest BCUT2D eigenvalue weighted by molar-refractivity contribution is -0.243. The summed E-state index contributed by atoms with van der Waals surface area (Å²) in [5.74, 6) is -0.498. The topological polar surface area (TPSA) is 73.4 Å². The quantitative estimate of drug-likeness (QED) is 0.786. The number of carbonyl (C=O) groups excluding carboxylic acids is 1. The second-order valence-electron chi connectivity index (χ2n) is 7.44. The Kier molecular flexibility index (Phi) is 6.44. The van der Waals surface area contributed by atoms with E-state index < -0.39 is 17.6 Å². The fourth-order valence-corrected chi connectivity index (χ4v) is 4.11. The highest BCUT2D eigenvalue weighted by Crippen LogP contribution is 2.46. The van der Waals surface area contributed by atoms with E-state index in [0.29, 0.717) is 24.2 Å². The van der Waals surface area contributed by atoms with Crippen LogP contribution in [0.1, 0.15) is 16.7 Å². The van der Waals surface area contributed by atoms with Crippen molar-refractivity contribution in [3.8, 4) is 6.07 Å². The molecule has 3 rings (SSSR count). The summed E-state index contributed by atoms with van der Waals surface area (Å²) in [5, 5.41) is 9.16. The van der Waals surface area contributed by atoms with Crippen LogP contribution in [0.4, 0.5) is 13.2 Å². The molecule has 30 heavy (non-hydrogen) atoms. The van der Waals surface area contributed by atoms with Crippen molar-refractivity contribution in [3.63, 3.8) is 0 Å². The van der Waals surface area contributed by atoms with Gasteiger partial charge in [0.15, 0.2) is 0 Å². The number of benzene rings is 2. The SMILES string of the molecule is N#Cc1cccc(CC(c2ccccc2)(N2CCN(CC(N)=O)CC2)C(F)(F)F)c1. The van der Waals surface area contributed by atoms with Crippen molar-refractivity contribution in [2.45, 2.75) is 18.1 Å². The highest BCUT2D eigenvalue weighted by Gasteiger charge is 2.59.